The van der Waals surface area contributed by atoms with Crippen molar-refractivity contribution in [1.82, 2.24) is 15.0 Å². The van der Waals surface area contributed by atoms with Crippen LogP contribution in [-0.2, 0) is 17.8 Å². The van der Waals surface area contributed by atoms with Gasteiger partial charge in [-0.1, -0.05) is 11.3 Å². The Morgan fingerprint density at radius 2 is 2.27 bits per heavy atom. The molecule has 3 rings (SSSR count). The average Bonchev–Trinajstić information content (AvgIpc) is 2.94. The lowest BCUT2D eigenvalue weighted by Gasteiger charge is -2.33. The molecule has 1 aromatic heterocycles. The summed E-state index contributed by atoms with van der Waals surface area (Å²) in [7, 11) is 0. The molecule has 1 atom stereocenters. The van der Waals surface area contributed by atoms with Crippen molar-refractivity contribution in [2.24, 2.45) is 0 Å². The van der Waals surface area contributed by atoms with Crippen molar-refractivity contribution in [3.05, 3.63) is 35.7 Å². The Hall–Kier alpha value is -2.37. The molecule has 0 aliphatic carbocycles. The molecule has 0 spiro atoms. The first-order chi connectivity index (χ1) is 10.6. The molecule has 0 fully saturated rings. The van der Waals surface area contributed by atoms with E-state index in [2.05, 4.69) is 10.3 Å². The van der Waals surface area contributed by atoms with Gasteiger partial charge in [-0.05, 0) is 38.5 Å². The minimum atomic E-state index is -0.0227. The van der Waals surface area contributed by atoms with Crippen molar-refractivity contribution in [1.29, 1.82) is 0 Å². The maximum Gasteiger partial charge on any atom is 0.233 e. The Morgan fingerprint density at radius 3 is 3.00 bits per heavy atom. The van der Waals surface area contributed by atoms with Crippen LogP contribution in [0.2, 0.25) is 0 Å². The van der Waals surface area contributed by atoms with E-state index in [0.29, 0.717) is 12.2 Å². The summed E-state index contributed by atoms with van der Waals surface area (Å²) in [6.45, 7) is 7.27. The van der Waals surface area contributed by atoms with Gasteiger partial charge in [0.2, 0.25) is 5.91 Å². The first kappa shape index (κ1) is 14.6. The molecule has 6 nitrogen and oxygen atoms in total. The van der Waals surface area contributed by atoms with Crippen LogP contribution in [0.15, 0.2) is 24.4 Å². The third-order valence-electron chi connectivity index (χ3n) is 3.72. The number of nitrogens with zero attached hydrogens (tertiary/aromatic N) is 4. The average molecular weight is 300 g/mol. The molecular weight excluding hydrogens is 280 g/mol. The number of carbonyl (C=O) groups excluding carboxylic acids is 1. The lowest BCUT2D eigenvalue weighted by Crippen LogP contribution is -2.43. The second kappa shape index (κ2) is 5.79. The standard InChI is InChI=1S/C16H20N4O2/c1-4-19-10-13(17-18-19)8-16(21)20-9-12(3)22-15-6-5-11(2)7-14(15)20/h5-7,10,12H,4,8-9H2,1-3H3. The van der Waals surface area contributed by atoms with Crippen molar-refractivity contribution in [2.75, 3.05) is 11.4 Å². The van der Waals surface area contributed by atoms with E-state index in [9.17, 15) is 4.79 Å². The molecule has 6 heteroatoms. The third-order valence-corrected chi connectivity index (χ3v) is 3.72. The summed E-state index contributed by atoms with van der Waals surface area (Å²) >= 11 is 0. The van der Waals surface area contributed by atoms with Gasteiger partial charge < -0.3 is 9.64 Å². The first-order valence-electron chi connectivity index (χ1n) is 7.53. The van der Waals surface area contributed by atoms with E-state index in [0.717, 1.165) is 23.5 Å². The van der Waals surface area contributed by atoms with Crippen molar-refractivity contribution in [3.63, 3.8) is 0 Å². The minimum Gasteiger partial charge on any atom is -0.487 e. The molecule has 0 bridgehead atoms. The number of aromatic nitrogens is 3. The largest absolute Gasteiger partial charge is 0.487 e. The van der Waals surface area contributed by atoms with Crippen LogP contribution in [-0.4, -0.2) is 33.5 Å². The summed E-state index contributed by atoms with van der Waals surface area (Å²) in [5.41, 5.74) is 2.64. The number of anilines is 1. The van der Waals surface area contributed by atoms with Crippen LogP contribution in [0.1, 0.15) is 25.1 Å². The summed E-state index contributed by atoms with van der Waals surface area (Å²) < 4.78 is 7.54. The van der Waals surface area contributed by atoms with E-state index >= 15 is 0 Å². The second-order valence-electron chi connectivity index (χ2n) is 5.65. The van der Waals surface area contributed by atoms with E-state index < -0.39 is 0 Å². The molecule has 1 amide bonds. The lowest BCUT2D eigenvalue weighted by molar-refractivity contribution is -0.118. The number of hydrogen-bond acceptors (Lipinski definition) is 4. The molecule has 1 aliphatic heterocycles. The molecule has 0 saturated heterocycles. The number of benzene rings is 1. The van der Waals surface area contributed by atoms with Gasteiger partial charge >= 0.3 is 0 Å². The SMILES string of the molecule is CCn1cc(CC(=O)N2CC(C)Oc3ccc(C)cc32)nn1. The number of fused-ring (bicyclic) bond motifs is 1. The fourth-order valence-electron chi connectivity index (χ4n) is 2.61. The van der Waals surface area contributed by atoms with Crippen molar-refractivity contribution < 1.29 is 9.53 Å². The van der Waals surface area contributed by atoms with Crippen LogP contribution in [0.3, 0.4) is 0 Å². The third kappa shape index (κ3) is 2.81. The summed E-state index contributed by atoms with van der Waals surface area (Å²) in [6, 6.07) is 5.91. The Labute approximate surface area is 129 Å². The van der Waals surface area contributed by atoms with Gasteiger partial charge in [0.1, 0.15) is 11.9 Å². The number of carbonyl (C=O) groups is 1. The van der Waals surface area contributed by atoms with Crippen LogP contribution in [0.5, 0.6) is 5.75 Å². The molecular formula is C16H20N4O2. The van der Waals surface area contributed by atoms with E-state index in [1.807, 2.05) is 45.2 Å². The number of rotatable bonds is 3. The molecule has 116 valence electrons. The summed E-state index contributed by atoms with van der Waals surface area (Å²) in [6.07, 6.45) is 2.05. The van der Waals surface area contributed by atoms with Gasteiger partial charge in [0.25, 0.3) is 0 Å². The van der Waals surface area contributed by atoms with Gasteiger partial charge in [-0.3, -0.25) is 9.48 Å². The second-order valence-corrected chi connectivity index (χ2v) is 5.65. The monoisotopic (exact) mass is 300 g/mol. The smallest absolute Gasteiger partial charge is 0.233 e. The molecule has 1 unspecified atom stereocenters. The quantitative estimate of drug-likeness (QED) is 0.869. The molecule has 1 aliphatic rings. The normalized spacial score (nSPS) is 17.0. The topological polar surface area (TPSA) is 60.2 Å². The predicted molar refractivity (Wildman–Crippen MR) is 83.0 cm³/mol. The van der Waals surface area contributed by atoms with Crippen molar-refractivity contribution >= 4 is 11.6 Å². The van der Waals surface area contributed by atoms with Gasteiger partial charge in [-0.2, -0.15) is 0 Å². The maximum atomic E-state index is 12.7. The molecule has 0 saturated carbocycles. The van der Waals surface area contributed by atoms with Gasteiger partial charge in [-0.25, -0.2) is 0 Å². The Balaban J connectivity index is 1.84. The maximum absolute atomic E-state index is 12.7. The molecule has 2 aromatic rings. The van der Waals surface area contributed by atoms with Crippen LogP contribution < -0.4 is 9.64 Å². The van der Waals surface area contributed by atoms with E-state index in [1.54, 1.807) is 9.58 Å². The fraction of sp³-hybridized carbons (Fsp3) is 0.438. The van der Waals surface area contributed by atoms with Crippen LogP contribution in [0.25, 0.3) is 0 Å². The molecule has 0 radical (unpaired) electrons. The Bertz CT molecular complexity index is 695. The predicted octanol–water partition coefficient (Wildman–Crippen LogP) is 1.96. The first-order valence-corrected chi connectivity index (χ1v) is 7.53. The Morgan fingerprint density at radius 1 is 1.45 bits per heavy atom. The summed E-state index contributed by atoms with van der Waals surface area (Å²) in [5, 5.41) is 8.03. The zero-order valence-electron chi connectivity index (χ0n) is 13.1. The molecule has 1 aromatic carbocycles. The highest BCUT2D eigenvalue weighted by Gasteiger charge is 2.28. The van der Waals surface area contributed by atoms with Gasteiger partial charge in [0, 0.05) is 12.7 Å². The van der Waals surface area contributed by atoms with Crippen molar-refractivity contribution in [3.8, 4) is 5.75 Å². The van der Waals surface area contributed by atoms with Crippen molar-refractivity contribution in [2.45, 2.75) is 39.8 Å². The highest BCUT2D eigenvalue weighted by Crippen LogP contribution is 2.34. The fourth-order valence-corrected chi connectivity index (χ4v) is 2.61. The lowest BCUT2D eigenvalue weighted by atomic mass is 10.1. The highest BCUT2D eigenvalue weighted by molar-refractivity contribution is 5.96. The Kier molecular flexibility index (Phi) is 3.83. The van der Waals surface area contributed by atoms with E-state index in [4.69, 9.17) is 4.74 Å². The van der Waals surface area contributed by atoms with Gasteiger partial charge in [-0.15, -0.1) is 5.10 Å². The van der Waals surface area contributed by atoms with Gasteiger partial charge in [0.15, 0.2) is 0 Å². The van der Waals surface area contributed by atoms with Crippen LogP contribution >= 0.6 is 0 Å². The zero-order chi connectivity index (χ0) is 15.7. The molecule has 0 N–H and O–H groups in total. The van der Waals surface area contributed by atoms with Crippen LogP contribution in [0.4, 0.5) is 5.69 Å². The van der Waals surface area contributed by atoms with E-state index in [1.165, 1.54) is 0 Å². The number of hydrogen-bond donors (Lipinski definition) is 0. The summed E-state index contributed by atoms with van der Waals surface area (Å²) in [4.78, 5) is 14.5. The molecule has 22 heavy (non-hydrogen) atoms. The number of aryl methyl sites for hydroxylation is 2. The van der Waals surface area contributed by atoms with E-state index in [-0.39, 0.29) is 18.4 Å². The van der Waals surface area contributed by atoms with Crippen LogP contribution in [0, 0.1) is 6.92 Å². The number of ether oxygens (including phenoxy) is 1. The highest BCUT2D eigenvalue weighted by atomic mass is 16.5. The minimum absolute atomic E-state index is 0.0187. The number of amides is 1. The molecule has 2 heterocycles. The zero-order valence-corrected chi connectivity index (χ0v) is 13.1. The summed E-state index contributed by atoms with van der Waals surface area (Å²) in [5.74, 6) is 0.778. The van der Waals surface area contributed by atoms with Gasteiger partial charge in [0.05, 0.1) is 24.3 Å².